The van der Waals surface area contributed by atoms with Gasteiger partial charge >= 0.3 is 0 Å². The average Bonchev–Trinajstić information content (AvgIpc) is 3.13. The molecule has 0 spiro atoms. The minimum atomic E-state index is -0.477. The number of rotatable bonds is 9. The Morgan fingerprint density at radius 2 is 2.03 bits per heavy atom. The van der Waals surface area contributed by atoms with Crippen LogP contribution < -0.4 is 10.6 Å². The molecule has 0 saturated carbocycles. The van der Waals surface area contributed by atoms with Gasteiger partial charge in [-0.05, 0) is 36.2 Å². The fraction of sp³-hybridized carbons (Fsp3) is 0.409. The third kappa shape index (κ3) is 5.98. The Labute approximate surface area is 180 Å². The highest BCUT2D eigenvalue weighted by atomic mass is 35.5. The van der Waals surface area contributed by atoms with Crippen LogP contribution in [0, 0.1) is 11.6 Å². The van der Waals surface area contributed by atoms with Crippen LogP contribution in [0.25, 0.3) is 0 Å². The summed E-state index contributed by atoms with van der Waals surface area (Å²) in [6, 6.07) is 10.5. The van der Waals surface area contributed by atoms with E-state index in [1.54, 1.807) is 7.11 Å². The first-order chi connectivity index (χ1) is 14.5. The van der Waals surface area contributed by atoms with E-state index in [1.807, 2.05) is 24.3 Å². The summed E-state index contributed by atoms with van der Waals surface area (Å²) in [7, 11) is 1.58. The number of ether oxygens (including phenoxy) is 1. The molecular weight excluding hydrogens is 412 g/mol. The van der Waals surface area contributed by atoms with E-state index in [-0.39, 0.29) is 30.1 Å². The Hall–Kier alpha value is -2.06. The number of methoxy groups -OCH3 is 1. The van der Waals surface area contributed by atoms with E-state index in [4.69, 9.17) is 16.3 Å². The van der Waals surface area contributed by atoms with Crippen molar-refractivity contribution in [3.05, 3.63) is 70.2 Å². The Morgan fingerprint density at radius 1 is 1.23 bits per heavy atom. The van der Waals surface area contributed by atoms with Crippen LogP contribution in [0.1, 0.15) is 17.5 Å². The molecule has 1 amide bonds. The quantitative estimate of drug-likeness (QED) is 0.592. The fourth-order valence-electron chi connectivity index (χ4n) is 3.67. The number of carbonyl (C=O) groups excluding carboxylic acids is 1. The third-order valence-electron chi connectivity index (χ3n) is 5.23. The normalized spacial score (nSPS) is 19.2. The molecule has 3 rings (SSSR count). The van der Waals surface area contributed by atoms with Crippen LogP contribution >= 0.6 is 11.6 Å². The van der Waals surface area contributed by atoms with Crippen LogP contribution in [-0.4, -0.2) is 49.7 Å². The molecule has 2 aromatic rings. The number of carbonyl (C=O) groups is 1. The molecule has 1 heterocycles. The standard InChI is InChI=1S/C22H26ClF2N3O2/c1-30-9-8-26-22(29)21-11-18(27-12-16-10-17(24)6-7-20(16)25)14-28(21)13-15-4-2-3-5-19(15)23/h2-7,10,18,21,27H,8-9,11-14H2,1H3,(H,26,29)/t18-,21+/m1/s1. The molecule has 30 heavy (non-hydrogen) atoms. The summed E-state index contributed by atoms with van der Waals surface area (Å²) in [5.74, 6) is -1.01. The number of nitrogens with zero attached hydrogens (tertiary/aromatic N) is 1. The van der Waals surface area contributed by atoms with Gasteiger partial charge in [0.15, 0.2) is 0 Å². The lowest BCUT2D eigenvalue weighted by Crippen LogP contribution is -2.43. The van der Waals surface area contributed by atoms with Crippen molar-refractivity contribution in [3.63, 3.8) is 0 Å². The number of hydrogen-bond acceptors (Lipinski definition) is 4. The van der Waals surface area contributed by atoms with Gasteiger partial charge in [0.05, 0.1) is 12.6 Å². The van der Waals surface area contributed by atoms with E-state index in [2.05, 4.69) is 15.5 Å². The van der Waals surface area contributed by atoms with Gasteiger partial charge in [0, 0.05) is 49.9 Å². The van der Waals surface area contributed by atoms with Crippen molar-refractivity contribution in [1.29, 1.82) is 0 Å². The van der Waals surface area contributed by atoms with Crippen molar-refractivity contribution in [2.24, 2.45) is 0 Å². The summed E-state index contributed by atoms with van der Waals surface area (Å²) >= 11 is 6.31. The van der Waals surface area contributed by atoms with Crippen molar-refractivity contribution in [2.75, 3.05) is 26.8 Å². The molecule has 2 atom stereocenters. The lowest BCUT2D eigenvalue weighted by molar-refractivity contribution is -0.125. The Morgan fingerprint density at radius 3 is 2.80 bits per heavy atom. The van der Waals surface area contributed by atoms with Gasteiger partial charge in [-0.15, -0.1) is 0 Å². The smallest absolute Gasteiger partial charge is 0.237 e. The van der Waals surface area contributed by atoms with Crippen LogP contribution in [0.2, 0.25) is 5.02 Å². The Bertz CT molecular complexity index is 868. The van der Waals surface area contributed by atoms with E-state index in [0.717, 1.165) is 17.7 Å². The van der Waals surface area contributed by atoms with E-state index >= 15 is 0 Å². The third-order valence-corrected chi connectivity index (χ3v) is 5.60. The number of nitrogens with one attached hydrogen (secondary N) is 2. The molecule has 0 aromatic heterocycles. The van der Waals surface area contributed by atoms with Gasteiger partial charge in [-0.25, -0.2) is 8.78 Å². The molecule has 0 unspecified atom stereocenters. The molecule has 2 N–H and O–H groups in total. The minimum absolute atomic E-state index is 0.0478. The topological polar surface area (TPSA) is 53.6 Å². The second kappa shape index (κ2) is 10.8. The van der Waals surface area contributed by atoms with Crippen LogP contribution in [0.5, 0.6) is 0 Å². The molecule has 1 fully saturated rings. The van der Waals surface area contributed by atoms with Crippen LogP contribution in [0.15, 0.2) is 42.5 Å². The molecule has 0 aliphatic carbocycles. The van der Waals surface area contributed by atoms with Crippen molar-refractivity contribution < 1.29 is 18.3 Å². The lowest BCUT2D eigenvalue weighted by atomic mass is 10.1. The highest BCUT2D eigenvalue weighted by molar-refractivity contribution is 6.31. The second-order valence-electron chi connectivity index (χ2n) is 7.37. The molecule has 2 aromatic carbocycles. The van der Waals surface area contributed by atoms with E-state index in [1.165, 1.54) is 6.07 Å². The van der Waals surface area contributed by atoms with Crippen LogP contribution in [0.3, 0.4) is 0 Å². The Balaban J connectivity index is 1.68. The maximum atomic E-state index is 13.9. The summed E-state index contributed by atoms with van der Waals surface area (Å²) in [6.07, 6.45) is 0.556. The predicted molar refractivity (Wildman–Crippen MR) is 112 cm³/mol. The summed E-state index contributed by atoms with van der Waals surface area (Å²) in [6.45, 7) is 2.16. The molecule has 162 valence electrons. The first kappa shape index (κ1) is 22.6. The van der Waals surface area contributed by atoms with Crippen molar-refractivity contribution in [2.45, 2.75) is 31.6 Å². The molecule has 5 nitrogen and oxygen atoms in total. The van der Waals surface area contributed by atoms with E-state index in [0.29, 0.717) is 37.7 Å². The highest BCUT2D eigenvalue weighted by Crippen LogP contribution is 2.25. The molecule has 1 saturated heterocycles. The summed E-state index contributed by atoms with van der Waals surface area (Å²) in [5, 5.41) is 6.80. The zero-order valence-electron chi connectivity index (χ0n) is 16.8. The molecule has 8 heteroatoms. The van der Waals surface area contributed by atoms with E-state index in [9.17, 15) is 13.6 Å². The van der Waals surface area contributed by atoms with Gasteiger partial charge < -0.3 is 15.4 Å². The number of hydrogen-bond donors (Lipinski definition) is 2. The average molecular weight is 438 g/mol. The predicted octanol–water partition coefficient (Wildman–Crippen LogP) is 3.11. The van der Waals surface area contributed by atoms with Crippen molar-refractivity contribution in [3.8, 4) is 0 Å². The largest absolute Gasteiger partial charge is 0.383 e. The summed E-state index contributed by atoms with van der Waals surface area (Å²) in [4.78, 5) is 14.8. The molecular formula is C22H26ClF2N3O2. The first-order valence-corrected chi connectivity index (χ1v) is 10.3. The van der Waals surface area contributed by atoms with Gasteiger partial charge in [-0.2, -0.15) is 0 Å². The number of amides is 1. The molecule has 0 bridgehead atoms. The zero-order chi connectivity index (χ0) is 21.5. The zero-order valence-corrected chi connectivity index (χ0v) is 17.6. The fourth-order valence-corrected chi connectivity index (χ4v) is 3.87. The summed E-state index contributed by atoms with van der Waals surface area (Å²) in [5.41, 5.74) is 1.20. The van der Waals surface area contributed by atoms with E-state index < -0.39 is 11.6 Å². The van der Waals surface area contributed by atoms with Gasteiger partial charge in [-0.1, -0.05) is 29.8 Å². The lowest BCUT2D eigenvalue weighted by Gasteiger charge is -2.24. The molecule has 1 aliphatic rings. The SMILES string of the molecule is COCCNC(=O)[C@@H]1C[C@@H](NCc2cc(F)ccc2F)CN1Cc1ccccc1Cl. The van der Waals surface area contributed by atoms with Gasteiger partial charge in [0.2, 0.25) is 5.91 Å². The monoisotopic (exact) mass is 437 g/mol. The number of likely N-dealkylation sites (tertiary alicyclic amines) is 1. The number of halogens is 3. The van der Waals surface area contributed by atoms with Crippen molar-refractivity contribution >= 4 is 17.5 Å². The van der Waals surface area contributed by atoms with Gasteiger partial charge in [0.25, 0.3) is 0 Å². The second-order valence-corrected chi connectivity index (χ2v) is 7.78. The van der Waals surface area contributed by atoms with Gasteiger partial charge in [-0.3, -0.25) is 9.69 Å². The maximum Gasteiger partial charge on any atom is 0.237 e. The Kier molecular flexibility index (Phi) is 8.16. The van der Waals surface area contributed by atoms with Gasteiger partial charge in [0.1, 0.15) is 11.6 Å². The van der Waals surface area contributed by atoms with Crippen LogP contribution in [0.4, 0.5) is 8.78 Å². The van der Waals surface area contributed by atoms with Crippen molar-refractivity contribution in [1.82, 2.24) is 15.5 Å². The number of benzene rings is 2. The maximum absolute atomic E-state index is 13.9. The summed E-state index contributed by atoms with van der Waals surface area (Å²) < 4.78 is 32.3. The molecule has 1 aliphatic heterocycles. The molecule has 0 radical (unpaired) electrons. The first-order valence-electron chi connectivity index (χ1n) is 9.89. The minimum Gasteiger partial charge on any atom is -0.383 e. The highest BCUT2D eigenvalue weighted by Gasteiger charge is 2.36. The van der Waals surface area contributed by atoms with Crippen LogP contribution in [-0.2, 0) is 22.6 Å².